The number of amides is 1. The number of carbonyl (C=O) groups excluding carboxylic acids is 1. The Labute approximate surface area is 130 Å². The highest BCUT2D eigenvalue weighted by Crippen LogP contribution is 2.32. The average molecular weight is 352 g/mol. The molecule has 0 spiro atoms. The lowest BCUT2D eigenvalue weighted by molar-refractivity contribution is -0.116. The Hall–Kier alpha value is -2.02. The molecule has 1 aromatic carbocycles. The Morgan fingerprint density at radius 1 is 1.33 bits per heavy atom. The van der Waals surface area contributed by atoms with Crippen LogP contribution in [0.4, 0.5) is 5.69 Å². The van der Waals surface area contributed by atoms with E-state index in [9.17, 15) is 4.79 Å². The van der Waals surface area contributed by atoms with Gasteiger partial charge in [-0.3, -0.25) is 9.48 Å². The molecule has 1 amide bonds. The second-order valence-electron chi connectivity index (χ2n) is 4.58. The minimum atomic E-state index is -0.0710. The van der Waals surface area contributed by atoms with E-state index in [4.69, 9.17) is 9.47 Å². The van der Waals surface area contributed by atoms with Gasteiger partial charge >= 0.3 is 0 Å². The van der Waals surface area contributed by atoms with E-state index in [1.807, 2.05) is 6.20 Å². The number of aromatic nitrogens is 2. The zero-order valence-electron chi connectivity index (χ0n) is 11.2. The zero-order chi connectivity index (χ0) is 14.7. The summed E-state index contributed by atoms with van der Waals surface area (Å²) in [5, 5.41) is 6.95. The molecule has 0 fully saturated rings. The van der Waals surface area contributed by atoms with Crippen molar-refractivity contribution in [1.82, 2.24) is 9.78 Å². The number of fused-ring (bicyclic) bond motifs is 1. The van der Waals surface area contributed by atoms with Crippen molar-refractivity contribution < 1.29 is 14.3 Å². The van der Waals surface area contributed by atoms with Gasteiger partial charge in [0.1, 0.15) is 13.2 Å². The number of carbonyl (C=O) groups is 1. The van der Waals surface area contributed by atoms with Crippen molar-refractivity contribution in [3.63, 3.8) is 0 Å². The molecule has 3 rings (SSSR count). The van der Waals surface area contributed by atoms with Crippen LogP contribution in [0.1, 0.15) is 6.42 Å². The fourth-order valence-corrected chi connectivity index (χ4v) is 2.35. The Morgan fingerprint density at radius 2 is 2.14 bits per heavy atom. The van der Waals surface area contributed by atoms with Gasteiger partial charge in [-0.05, 0) is 28.1 Å². The van der Waals surface area contributed by atoms with Crippen molar-refractivity contribution in [2.75, 3.05) is 18.5 Å². The van der Waals surface area contributed by atoms with Crippen LogP contribution in [0, 0.1) is 0 Å². The van der Waals surface area contributed by atoms with Crippen molar-refractivity contribution in [3.05, 3.63) is 35.1 Å². The highest BCUT2D eigenvalue weighted by molar-refractivity contribution is 9.10. The molecule has 1 aromatic heterocycles. The van der Waals surface area contributed by atoms with E-state index >= 15 is 0 Å². The van der Waals surface area contributed by atoms with Crippen LogP contribution in [0.25, 0.3) is 0 Å². The lowest BCUT2D eigenvalue weighted by atomic mass is 10.2. The lowest BCUT2D eigenvalue weighted by Gasteiger charge is -2.19. The predicted octanol–water partition coefficient (Wildman–Crippen LogP) is 2.45. The summed E-state index contributed by atoms with van der Waals surface area (Å²) in [4.78, 5) is 11.9. The maximum Gasteiger partial charge on any atom is 0.226 e. The molecule has 1 aliphatic heterocycles. The van der Waals surface area contributed by atoms with Crippen LogP contribution in [-0.4, -0.2) is 28.9 Å². The number of hydrogen-bond donors (Lipinski definition) is 1. The standard InChI is InChI=1S/C14H14BrN3O3/c15-10-8-16-18(9-10)4-3-14(19)17-11-1-2-12-13(7-11)21-6-5-20-12/h1-2,7-9H,3-6H2,(H,17,19). The fourth-order valence-electron chi connectivity index (χ4n) is 2.02. The minimum Gasteiger partial charge on any atom is -0.486 e. The quantitative estimate of drug-likeness (QED) is 0.918. The van der Waals surface area contributed by atoms with Crippen LogP contribution in [0.2, 0.25) is 0 Å². The van der Waals surface area contributed by atoms with E-state index in [1.165, 1.54) is 0 Å². The molecule has 0 aliphatic carbocycles. The predicted molar refractivity (Wildman–Crippen MR) is 80.6 cm³/mol. The summed E-state index contributed by atoms with van der Waals surface area (Å²) in [6.07, 6.45) is 3.87. The number of nitrogens with zero attached hydrogens (tertiary/aromatic N) is 2. The van der Waals surface area contributed by atoms with Gasteiger partial charge in [-0.15, -0.1) is 0 Å². The Balaban J connectivity index is 1.57. The molecule has 110 valence electrons. The van der Waals surface area contributed by atoms with Crippen molar-refractivity contribution in [2.45, 2.75) is 13.0 Å². The van der Waals surface area contributed by atoms with Crippen molar-refractivity contribution in [1.29, 1.82) is 0 Å². The van der Waals surface area contributed by atoms with Gasteiger partial charge in [0.25, 0.3) is 0 Å². The molecule has 21 heavy (non-hydrogen) atoms. The van der Waals surface area contributed by atoms with Crippen LogP contribution >= 0.6 is 15.9 Å². The largest absolute Gasteiger partial charge is 0.486 e. The van der Waals surface area contributed by atoms with Crippen molar-refractivity contribution in [2.24, 2.45) is 0 Å². The molecule has 0 saturated heterocycles. The first-order valence-corrected chi connectivity index (χ1v) is 7.37. The smallest absolute Gasteiger partial charge is 0.226 e. The molecular formula is C14H14BrN3O3. The maximum atomic E-state index is 11.9. The summed E-state index contributed by atoms with van der Waals surface area (Å²) in [5.74, 6) is 1.30. The molecule has 2 heterocycles. The van der Waals surface area contributed by atoms with Crippen LogP contribution in [-0.2, 0) is 11.3 Å². The first kappa shape index (κ1) is 13.9. The molecule has 1 N–H and O–H groups in total. The maximum absolute atomic E-state index is 11.9. The summed E-state index contributed by atoms with van der Waals surface area (Å²) in [6.45, 7) is 1.61. The Kier molecular flexibility index (Phi) is 4.10. The summed E-state index contributed by atoms with van der Waals surface area (Å²) < 4.78 is 13.5. The van der Waals surface area contributed by atoms with E-state index < -0.39 is 0 Å². The van der Waals surface area contributed by atoms with Gasteiger partial charge in [-0.2, -0.15) is 5.10 Å². The SMILES string of the molecule is O=C(CCn1cc(Br)cn1)Nc1ccc2c(c1)OCCO2. The number of nitrogens with one attached hydrogen (secondary N) is 1. The summed E-state index contributed by atoms with van der Waals surface area (Å²) in [5.41, 5.74) is 0.700. The molecule has 1 aliphatic rings. The molecule has 7 heteroatoms. The summed E-state index contributed by atoms with van der Waals surface area (Å²) in [7, 11) is 0. The van der Waals surface area contributed by atoms with Crippen molar-refractivity contribution in [3.8, 4) is 11.5 Å². The molecule has 6 nitrogen and oxygen atoms in total. The number of ether oxygens (including phenoxy) is 2. The van der Waals surface area contributed by atoms with E-state index in [0.29, 0.717) is 43.4 Å². The average Bonchev–Trinajstić information content (AvgIpc) is 2.91. The summed E-state index contributed by atoms with van der Waals surface area (Å²) in [6, 6.07) is 5.38. The molecule has 0 radical (unpaired) electrons. The minimum absolute atomic E-state index is 0.0710. The van der Waals surface area contributed by atoms with E-state index in [0.717, 1.165) is 4.47 Å². The highest BCUT2D eigenvalue weighted by atomic mass is 79.9. The molecule has 0 atom stereocenters. The third-order valence-corrected chi connectivity index (χ3v) is 3.41. The topological polar surface area (TPSA) is 65.4 Å². The van der Waals surface area contributed by atoms with Gasteiger partial charge in [-0.25, -0.2) is 0 Å². The van der Waals surface area contributed by atoms with Gasteiger partial charge in [0, 0.05) is 30.9 Å². The number of anilines is 1. The molecule has 0 saturated carbocycles. The van der Waals surface area contributed by atoms with Gasteiger partial charge < -0.3 is 14.8 Å². The number of aryl methyl sites for hydroxylation is 1. The first-order chi connectivity index (χ1) is 10.2. The molecular weight excluding hydrogens is 338 g/mol. The summed E-state index contributed by atoms with van der Waals surface area (Å²) >= 11 is 3.32. The van der Waals surface area contributed by atoms with Crippen molar-refractivity contribution >= 4 is 27.5 Å². The fraction of sp³-hybridized carbons (Fsp3) is 0.286. The highest BCUT2D eigenvalue weighted by Gasteiger charge is 2.12. The number of benzene rings is 1. The van der Waals surface area contributed by atoms with Gasteiger partial charge in [-0.1, -0.05) is 0 Å². The van der Waals surface area contributed by atoms with Gasteiger partial charge in [0.05, 0.1) is 10.7 Å². The van der Waals surface area contributed by atoms with E-state index in [1.54, 1.807) is 29.1 Å². The first-order valence-electron chi connectivity index (χ1n) is 6.58. The number of rotatable bonds is 4. The van der Waals surface area contributed by atoms with Crippen LogP contribution in [0.5, 0.6) is 11.5 Å². The van der Waals surface area contributed by atoms with Crippen LogP contribution in [0.15, 0.2) is 35.1 Å². The third-order valence-electron chi connectivity index (χ3n) is 3.00. The Bertz CT molecular complexity index is 657. The van der Waals surface area contributed by atoms with E-state index in [2.05, 4.69) is 26.3 Å². The number of hydrogen-bond acceptors (Lipinski definition) is 4. The van der Waals surface area contributed by atoms with Gasteiger partial charge in [0.2, 0.25) is 5.91 Å². The Morgan fingerprint density at radius 3 is 2.90 bits per heavy atom. The lowest BCUT2D eigenvalue weighted by Crippen LogP contribution is -2.17. The third kappa shape index (κ3) is 3.55. The second-order valence-corrected chi connectivity index (χ2v) is 5.49. The van der Waals surface area contributed by atoms with E-state index in [-0.39, 0.29) is 5.91 Å². The van der Waals surface area contributed by atoms with Crippen LogP contribution in [0.3, 0.4) is 0 Å². The van der Waals surface area contributed by atoms with Crippen LogP contribution < -0.4 is 14.8 Å². The van der Waals surface area contributed by atoms with Gasteiger partial charge in [0.15, 0.2) is 11.5 Å². The molecule has 0 bridgehead atoms. The normalized spacial score (nSPS) is 13.0. The molecule has 0 unspecified atom stereocenters. The number of halogens is 1. The molecule has 2 aromatic rings. The monoisotopic (exact) mass is 351 g/mol. The zero-order valence-corrected chi connectivity index (χ0v) is 12.8. The second kappa shape index (κ2) is 6.17.